The fraction of sp³-hybridized carbons (Fsp3) is 0.458. The Morgan fingerprint density at radius 1 is 1.00 bits per heavy atom. The summed E-state index contributed by atoms with van der Waals surface area (Å²) in [5, 5.41) is 3.27. The first-order valence-corrected chi connectivity index (χ1v) is 10.7. The maximum absolute atomic E-state index is 12.8. The zero-order valence-electron chi connectivity index (χ0n) is 17.9. The monoisotopic (exact) mass is 409 g/mol. The molecule has 2 aliphatic rings. The van der Waals surface area contributed by atoms with Crippen LogP contribution in [0.1, 0.15) is 30.0 Å². The molecule has 2 aromatic carbocycles. The quantitative estimate of drug-likeness (QED) is 0.795. The third-order valence-electron chi connectivity index (χ3n) is 6.18. The molecule has 0 radical (unpaired) electrons. The maximum atomic E-state index is 12.8. The summed E-state index contributed by atoms with van der Waals surface area (Å²) in [5.41, 5.74) is 3.56. The van der Waals surface area contributed by atoms with Crippen LogP contribution in [0.2, 0.25) is 0 Å². The van der Waals surface area contributed by atoms with E-state index in [-0.39, 0.29) is 11.9 Å². The van der Waals surface area contributed by atoms with Gasteiger partial charge in [-0.1, -0.05) is 24.3 Å². The summed E-state index contributed by atoms with van der Waals surface area (Å²) in [4.78, 5) is 17.3. The number of para-hydroxylation sites is 2. The van der Waals surface area contributed by atoms with Crippen molar-refractivity contribution >= 4 is 11.6 Å². The molecule has 1 aliphatic carbocycles. The van der Waals surface area contributed by atoms with Gasteiger partial charge in [-0.3, -0.25) is 9.69 Å². The Balaban J connectivity index is 1.32. The van der Waals surface area contributed by atoms with Gasteiger partial charge in [-0.25, -0.2) is 0 Å². The number of carbonyl (C=O) groups is 1. The first-order valence-electron chi connectivity index (χ1n) is 10.7. The second kappa shape index (κ2) is 9.39. The molecule has 1 saturated heterocycles. The van der Waals surface area contributed by atoms with E-state index in [0.29, 0.717) is 6.54 Å². The molecule has 4 rings (SSSR count). The van der Waals surface area contributed by atoms with Gasteiger partial charge in [0.05, 0.1) is 32.5 Å². The molecule has 6 nitrogen and oxygen atoms in total. The SMILES string of the molecule is COc1ccccc1N1CCN(CC(=O)N[C@@H]2CCCc3c(OC)cccc32)CC1. The number of ether oxygens (including phenoxy) is 2. The van der Waals surface area contributed by atoms with Gasteiger partial charge in [0.2, 0.25) is 5.91 Å². The number of nitrogens with one attached hydrogen (secondary N) is 1. The van der Waals surface area contributed by atoms with Crippen molar-refractivity contribution in [1.29, 1.82) is 0 Å². The molecule has 6 heteroatoms. The smallest absolute Gasteiger partial charge is 0.234 e. The Labute approximate surface area is 178 Å². The van der Waals surface area contributed by atoms with E-state index in [1.807, 2.05) is 30.3 Å². The van der Waals surface area contributed by atoms with Crippen LogP contribution in [0.3, 0.4) is 0 Å². The Morgan fingerprint density at radius 3 is 2.50 bits per heavy atom. The molecular formula is C24H31N3O3. The van der Waals surface area contributed by atoms with Crippen molar-refractivity contribution in [2.24, 2.45) is 0 Å². The van der Waals surface area contributed by atoms with Crippen molar-refractivity contribution in [3.05, 3.63) is 53.6 Å². The summed E-state index contributed by atoms with van der Waals surface area (Å²) in [7, 11) is 3.42. The van der Waals surface area contributed by atoms with Gasteiger partial charge in [0.1, 0.15) is 11.5 Å². The van der Waals surface area contributed by atoms with Gasteiger partial charge in [-0.2, -0.15) is 0 Å². The van der Waals surface area contributed by atoms with Crippen molar-refractivity contribution in [2.45, 2.75) is 25.3 Å². The molecule has 0 saturated carbocycles. The third-order valence-corrected chi connectivity index (χ3v) is 6.18. The summed E-state index contributed by atoms with van der Waals surface area (Å²) in [6, 6.07) is 14.3. The predicted molar refractivity (Wildman–Crippen MR) is 118 cm³/mol. The maximum Gasteiger partial charge on any atom is 0.234 e. The molecule has 1 atom stereocenters. The number of hydrogen-bond donors (Lipinski definition) is 1. The number of methoxy groups -OCH3 is 2. The van der Waals surface area contributed by atoms with E-state index in [0.717, 1.165) is 62.6 Å². The van der Waals surface area contributed by atoms with Crippen LogP contribution in [-0.4, -0.2) is 57.8 Å². The summed E-state index contributed by atoms with van der Waals surface area (Å²) >= 11 is 0. The molecule has 1 aliphatic heterocycles. The fourth-order valence-electron chi connectivity index (χ4n) is 4.64. The Bertz CT molecular complexity index is 878. The summed E-state index contributed by atoms with van der Waals surface area (Å²) < 4.78 is 11.0. The average Bonchev–Trinajstić information content (AvgIpc) is 2.79. The number of fused-ring (bicyclic) bond motifs is 1. The molecule has 0 bridgehead atoms. The molecule has 0 aromatic heterocycles. The molecule has 1 heterocycles. The van der Waals surface area contributed by atoms with Crippen LogP contribution < -0.4 is 19.7 Å². The number of carbonyl (C=O) groups excluding carboxylic acids is 1. The van der Waals surface area contributed by atoms with Crippen LogP contribution >= 0.6 is 0 Å². The van der Waals surface area contributed by atoms with Gasteiger partial charge in [0.25, 0.3) is 0 Å². The predicted octanol–water partition coefficient (Wildman–Crippen LogP) is 3.02. The van der Waals surface area contributed by atoms with E-state index in [1.54, 1.807) is 14.2 Å². The Hall–Kier alpha value is -2.73. The minimum atomic E-state index is 0.0752. The second-order valence-electron chi connectivity index (χ2n) is 7.98. The van der Waals surface area contributed by atoms with Crippen LogP contribution in [-0.2, 0) is 11.2 Å². The molecule has 160 valence electrons. The average molecular weight is 410 g/mol. The largest absolute Gasteiger partial charge is 0.496 e. The lowest BCUT2D eigenvalue weighted by molar-refractivity contribution is -0.123. The van der Waals surface area contributed by atoms with E-state index >= 15 is 0 Å². The van der Waals surface area contributed by atoms with E-state index in [9.17, 15) is 4.79 Å². The van der Waals surface area contributed by atoms with Crippen molar-refractivity contribution in [2.75, 3.05) is 51.8 Å². The Kier molecular flexibility index (Phi) is 6.43. The van der Waals surface area contributed by atoms with Crippen LogP contribution in [0.5, 0.6) is 11.5 Å². The molecule has 0 unspecified atom stereocenters. The topological polar surface area (TPSA) is 54.0 Å². The summed E-state index contributed by atoms with van der Waals surface area (Å²) in [6.45, 7) is 3.94. The molecule has 1 amide bonds. The van der Waals surface area contributed by atoms with E-state index in [4.69, 9.17) is 9.47 Å². The minimum absolute atomic E-state index is 0.0752. The van der Waals surface area contributed by atoms with Crippen LogP contribution in [0.25, 0.3) is 0 Å². The van der Waals surface area contributed by atoms with Crippen LogP contribution in [0.15, 0.2) is 42.5 Å². The van der Waals surface area contributed by atoms with Crippen molar-refractivity contribution in [3.8, 4) is 11.5 Å². The highest BCUT2D eigenvalue weighted by Gasteiger charge is 2.26. The van der Waals surface area contributed by atoms with Crippen molar-refractivity contribution in [1.82, 2.24) is 10.2 Å². The van der Waals surface area contributed by atoms with Crippen LogP contribution in [0.4, 0.5) is 5.69 Å². The van der Waals surface area contributed by atoms with Crippen LogP contribution in [0, 0.1) is 0 Å². The molecule has 30 heavy (non-hydrogen) atoms. The third kappa shape index (κ3) is 4.38. The molecule has 1 N–H and O–H groups in total. The van der Waals surface area contributed by atoms with Gasteiger partial charge in [0, 0.05) is 26.2 Å². The molecule has 1 fully saturated rings. The van der Waals surface area contributed by atoms with Crippen molar-refractivity contribution in [3.63, 3.8) is 0 Å². The van der Waals surface area contributed by atoms with E-state index in [1.165, 1.54) is 11.1 Å². The van der Waals surface area contributed by atoms with E-state index in [2.05, 4.69) is 27.2 Å². The lowest BCUT2D eigenvalue weighted by atomic mass is 9.87. The van der Waals surface area contributed by atoms with Gasteiger partial charge in [-0.15, -0.1) is 0 Å². The highest BCUT2D eigenvalue weighted by molar-refractivity contribution is 5.78. The summed E-state index contributed by atoms with van der Waals surface area (Å²) in [6.07, 6.45) is 3.06. The minimum Gasteiger partial charge on any atom is -0.496 e. The Morgan fingerprint density at radius 2 is 1.73 bits per heavy atom. The van der Waals surface area contributed by atoms with Gasteiger partial charge in [0.15, 0.2) is 0 Å². The highest BCUT2D eigenvalue weighted by Crippen LogP contribution is 2.35. The van der Waals surface area contributed by atoms with Gasteiger partial charge < -0.3 is 19.7 Å². The zero-order valence-corrected chi connectivity index (χ0v) is 17.9. The van der Waals surface area contributed by atoms with Crippen molar-refractivity contribution < 1.29 is 14.3 Å². The first kappa shape index (κ1) is 20.5. The number of nitrogens with zero attached hydrogens (tertiary/aromatic N) is 2. The van der Waals surface area contributed by atoms with Gasteiger partial charge >= 0.3 is 0 Å². The van der Waals surface area contributed by atoms with Gasteiger partial charge in [-0.05, 0) is 48.6 Å². The highest BCUT2D eigenvalue weighted by atomic mass is 16.5. The normalized spacial score (nSPS) is 19.1. The number of hydrogen-bond acceptors (Lipinski definition) is 5. The molecular weight excluding hydrogens is 378 g/mol. The standard InChI is InChI=1S/C24H31N3O3/c1-29-22-12-6-7-18-19(22)8-5-9-20(18)25-24(28)17-26-13-15-27(16-14-26)21-10-3-4-11-23(21)30-2/h3-4,6-7,10-12,20H,5,8-9,13-17H2,1-2H3,(H,25,28)/t20-/m1/s1. The second-order valence-corrected chi connectivity index (χ2v) is 7.98. The summed E-state index contributed by atoms with van der Waals surface area (Å²) in [5.74, 6) is 1.93. The first-order chi connectivity index (χ1) is 14.7. The lowest BCUT2D eigenvalue weighted by Gasteiger charge is -2.36. The number of rotatable bonds is 6. The number of benzene rings is 2. The number of piperazine rings is 1. The molecule has 0 spiro atoms. The molecule has 2 aromatic rings. The number of anilines is 1. The lowest BCUT2D eigenvalue weighted by Crippen LogP contribution is -2.50. The zero-order chi connectivity index (χ0) is 20.9. The number of amides is 1. The fourth-order valence-corrected chi connectivity index (χ4v) is 4.64. The van der Waals surface area contributed by atoms with E-state index < -0.39 is 0 Å².